The lowest BCUT2D eigenvalue weighted by Gasteiger charge is -2.17. The summed E-state index contributed by atoms with van der Waals surface area (Å²) in [6.07, 6.45) is -1.26. The fraction of sp³-hybridized carbons (Fsp3) is 0.308. The topological polar surface area (TPSA) is 139 Å². The molecule has 2 aliphatic heterocycles. The molecule has 2 saturated heterocycles. The fourth-order valence-corrected chi connectivity index (χ4v) is 5.11. The lowest BCUT2D eigenvalue weighted by Crippen LogP contribution is -2.33. The van der Waals surface area contributed by atoms with Crippen molar-refractivity contribution in [2.45, 2.75) is 36.9 Å². The van der Waals surface area contributed by atoms with Crippen molar-refractivity contribution in [3.8, 4) is 11.1 Å². The molecule has 0 aromatic heterocycles. The van der Waals surface area contributed by atoms with Crippen LogP contribution >= 0.6 is 12.6 Å². The minimum absolute atomic E-state index is 0.0235. The van der Waals surface area contributed by atoms with E-state index in [9.17, 15) is 28.8 Å². The van der Waals surface area contributed by atoms with Gasteiger partial charge in [-0.15, -0.1) is 0 Å². The molecule has 5 rings (SSSR count). The molecule has 1 N–H and O–H groups in total. The Kier molecular flexibility index (Phi) is 6.89. The zero-order chi connectivity index (χ0) is 27.0. The van der Waals surface area contributed by atoms with Crippen LogP contribution in [0.25, 0.3) is 11.1 Å². The van der Waals surface area contributed by atoms with E-state index in [2.05, 4.69) is 17.9 Å². The van der Waals surface area contributed by atoms with Crippen molar-refractivity contribution in [3.05, 3.63) is 53.6 Å². The smallest absolute Gasteiger partial charge is 0.432 e. The minimum atomic E-state index is -1.17. The number of benzene rings is 2. The maximum absolute atomic E-state index is 12.6. The second kappa shape index (κ2) is 10.3. The maximum atomic E-state index is 12.6. The van der Waals surface area contributed by atoms with Crippen LogP contribution in [-0.2, 0) is 33.5 Å². The molecule has 196 valence electrons. The van der Waals surface area contributed by atoms with Crippen LogP contribution in [0.3, 0.4) is 0 Å². The number of amides is 5. The number of anilines is 1. The van der Waals surface area contributed by atoms with Crippen LogP contribution in [0.4, 0.5) is 10.5 Å². The summed E-state index contributed by atoms with van der Waals surface area (Å²) in [4.78, 5) is 78.0. The molecular weight excluding hydrogens is 514 g/mol. The van der Waals surface area contributed by atoms with E-state index >= 15 is 0 Å². The van der Waals surface area contributed by atoms with Gasteiger partial charge >= 0.3 is 6.16 Å². The second-order valence-corrected chi connectivity index (χ2v) is 9.70. The third-order valence-corrected chi connectivity index (χ3v) is 7.06. The van der Waals surface area contributed by atoms with Gasteiger partial charge in [0.15, 0.2) is 0 Å². The molecule has 2 fully saturated rings. The highest BCUT2D eigenvalue weighted by Crippen LogP contribution is 2.45. The summed E-state index contributed by atoms with van der Waals surface area (Å²) in [5, 5.41) is 2.54. The van der Waals surface area contributed by atoms with Crippen molar-refractivity contribution in [1.29, 1.82) is 0 Å². The van der Waals surface area contributed by atoms with Gasteiger partial charge in [-0.2, -0.15) is 12.6 Å². The lowest BCUT2D eigenvalue weighted by atomic mass is 9.97. The normalized spacial score (nSPS) is 20.0. The summed E-state index contributed by atoms with van der Waals surface area (Å²) in [6.45, 7) is -0.155. The Balaban J connectivity index is 1.26. The highest BCUT2D eigenvalue weighted by molar-refractivity contribution is 7.81. The fourth-order valence-electron chi connectivity index (χ4n) is 4.81. The van der Waals surface area contributed by atoms with Crippen LogP contribution in [0, 0.1) is 0 Å². The van der Waals surface area contributed by atoms with Gasteiger partial charge in [0.05, 0.1) is 5.25 Å². The van der Waals surface area contributed by atoms with Crippen molar-refractivity contribution in [2.75, 3.05) is 18.5 Å². The standard InChI is InChI=1S/C26H23N3O8S/c30-21(9-10-28-24(33)12-20(38)25(28)34)27-14-5-6-17-15-3-1-2-4-16(15)19(18(17)11-14)13-36-26(35)37-29-22(31)7-8-23(29)32/h1-6,11,19-20,38H,7-10,12-13H2,(H,27,30). The van der Waals surface area contributed by atoms with E-state index in [4.69, 9.17) is 9.57 Å². The van der Waals surface area contributed by atoms with Gasteiger partial charge < -0.3 is 10.1 Å². The average Bonchev–Trinajstić information content (AvgIpc) is 3.47. The molecule has 5 amide bonds. The number of carbonyl (C=O) groups excluding carboxylic acids is 6. The summed E-state index contributed by atoms with van der Waals surface area (Å²) in [7, 11) is 0. The molecular formula is C26H23N3O8S. The van der Waals surface area contributed by atoms with E-state index < -0.39 is 29.1 Å². The lowest BCUT2D eigenvalue weighted by molar-refractivity contribution is -0.177. The van der Waals surface area contributed by atoms with Gasteiger partial charge in [0.1, 0.15) is 6.61 Å². The summed E-state index contributed by atoms with van der Waals surface area (Å²) >= 11 is 4.08. The molecule has 2 unspecified atom stereocenters. The van der Waals surface area contributed by atoms with E-state index in [0.29, 0.717) is 10.8 Å². The number of nitrogens with zero attached hydrogens (tertiary/aromatic N) is 2. The number of imide groups is 2. The van der Waals surface area contributed by atoms with E-state index in [0.717, 1.165) is 27.2 Å². The van der Waals surface area contributed by atoms with Crippen LogP contribution < -0.4 is 5.32 Å². The van der Waals surface area contributed by atoms with E-state index in [1.807, 2.05) is 30.3 Å². The Morgan fingerprint density at radius 1 is 0.947 bits per heavy atom. The number of fused-ring (bicyclic) bond motifs is 3. The summed E-state index contributed by atoms with van der Waals surface area (Å²) in [5.74, 6) is -2.72. The quantitative estimate of drug-likeness (QED) is 0.312. The van der Waals surface area contributed by atoms with Crippen LogP contribution in [0.15, 0.2) is 42.5 Å². The van der Waals surface area contributed by atoms with Gasteiger partial charge in [0, 0.05) is 43.8 Å². The number of carbonyl (C=O) groups is 6. The number of thiol groups is 1. The van der Waals surface area contributed by atoms with Gasteiger partial charge in [-0.3, -0.25) is 33.7 Å². The summed E-state index contributed by atoms with van der Waals surface area (Å²) < 4.78 is 5.27. The molecule has 3 aliphatic rings. The first kappa shape index (κ1) is 25.5. The van der Waals surface area contributed by atoms with E-state index in [-0.39, 0.29) is 56.6 Å². The number of nitrogens with one attached hydrogen (secondary N) is 1. The van der Waals surface area contributed by atoms with Crippen LogP contribution in [0.1, 0.15) is 42.7 Å². The van der Waals surface area contributed by atoms with Crippen molar-refractivity contribution < 1.29 is 38.3 Å². The first-order valence-corrected chi connectivity index (χ1v) is 12.5. The largest absolute Gasteiger partial charge is 0.533 e. The molecule has 2 aromatic carbocycles. The number of hydrogen-bond donors (Lipinski definition) is 2. The molecule has 0 radical (unpaired) electrons. The zero-order valence-electron chi connectivity index (χ0n) is 20.0. The van der Waals surface area contributed by atoms with Gasteiger partial charge in [0.2, 0.25) is 17.7 Å². The Bertz CT molecular complexity index is 1360. The number of likely N-dealkylation sites (tertiary alicyclic amines) is 1. The van der Waals surface area contributed by atoms with E-state index in [1.165, 1.54) is 0 Å². The van der Waals surface area contributed by atoms with Crippen molar-refractivity contribution in [3.63, 3.8) is 0 Å². The molecule has 0 spiro atoms. The van der Waals surface area contributed by atoms with Gasteiger partial charge in [-0.1, -0.05) is 35.4 Å². The highest BCUT2D eigenvalue weighted by Gasteiger charge is 2.37. The second-order valence-electron chi connectivity index (χ2n) is 9.08. The Hall–Kier alpha value is -4.19. The average molecular weight is 538 g/mol. The van der Waals surface area contributed by atoms with E-state index in [1.54, 1.807) is 12.1 Å². The number of hydrogen-bond acceptors (Lipinski definition) is 9. The highest BCUT2D eigenvalue weighted by atomic mass is 32.1. The van der Waals surface area contributed by atoms with Crippen LogP contribution in [-0.4, -0.2) is 64.1 Å². The number of rotatable bonds is 7. The predicted molar refractivity (Wildman–Crippen MR) is 135 cm³/mol. The zero-order valence-corrected chi connectivity index (χ0v) is 20.9. The molecule has 11 nitrogen and oxygen atoms in total. The van der Waals surface area contributed by atoms with Crippen molar-refractivity contribution >= 4 is 54.0 Å². The Labute approximate surface area is 222 Å². The third-order valence-electron chi connectivity index (χ3n) is 6.66. The minimum Gasteiger partial charge on any atom is -0.432 e. The monoisotopic (exact) mass is 537 g/mol. The molecule has 38 heavy (non-hydrogen) atoms. The molecule has 2 atom stereocenters. The molecule has 2 aromatic rings. The summed E-state index contributed by atoms with van der Waals surface area (Å²) in [5.41, 5.74) is 4.04. The first-order valence-electron chi connectivity index (χ1n) is 12.0. The number of ether oxygens (including phenoxy) is 1. The molecule has 2 heterocycles. The maximum Gasteiger partial charge on any atom is 0.533 e. The van der Waals surface area contributed by atoms with Gasteiger partial charge in [0.25, 0.3) is 11.8 Å². The van der Waals surface area contributed by atoms with Crippen LogP contribution in [0.5, 0.6) is 0 Å². The Morgan fingerprint density at radius 2 is 1.66 bits per heavy atom. The summed E-state index contributed by atoms with van der Waals surface area (Å²) in [6, 6.07) is 12.9. The van der Waals surface area contributed by atoms with Crippen LogP contribution in [0.2, 0.25) is 0 Å². The third kappa shape index (κ3) is 4.86. The Morgan fingerprint density at radius 3 is 2.37 bits per heavy atom. The number of hydroxylamine groups is 2. The molecule has 1 aliphatic carbocycles. The van der Waals surface area contributed by atoms with Gasteiger partial charge in [-0.25, -0.2) is 4.79 Å². The predicted octanol–water partition coefficient (Wildman–Crippen LogP) is 2.40. The molecule has 0 saturated carbocycles. The molecule has 0 bridgehead atoms. The van der Waals surface area contributed by atoms with Gasteiger partial charge in [-0.05, 0) is 34.4 Å². The van der Waals surface area contributed by atoms with Crippen molar-refractivity contribution in [1.82, 2.24) is 9.96 Å². The van der Waals surface area contributed by atoms with Crippen molar-refractivity contribution in [2.24, 2.45) is 0 Å². The first-order chi connectivity index (χ1) is 18.2. The SMILES string of the molecule is O=C(CCN1C(=O)CC(S)C1=O)Nc1ccc2c(c1)C(COC(=O)ON1C(=O)CCC1=O)c1ccccc1-2. The molecule has 12 heteroatoms.